The molecular weight excluding hydrogens is 283 g/mol. The smallest absolute Gasteiger partial charge is 0.261 e. The topological polar surface area (TPSA) is 83.2 Å². The first-order valence-electron chi connectivity index (χ1n) is 5.50. The Morgan fingerprint density at radius 3 is 2.80 bits per heavy atom. The van der Waals surface area contributed by atoms with Gasteiger partial charge in [-0.05, 0) is 59.3 Å². The average Bonchev–Trinajstić information content (AvgIpc) is 2.87. The Morgan fingerprint density at radius 2 is 2.10 bits per heavy atom. The van der Waals surface area contributed by atoms with Crippen molar-refractivity contribution in [3.8, 4) is 0 Å². The minimum Gasteiger partial charge on any atom is -0.463 e. The number of nitrogens with zero attached hydrogens (tertiary/aromatic N) is 3. The molecule has 0 fully saturated rings. The van der Waals surface area contributed by atoms with Crippen LogP contribution < -0.4 is 5.32 Å². The van der Waals surface area contributed by atoms with Crippen molar-refractivity contribution in [3.63, 3.8) is 0 Å². The van der Waals surface area contributed by atoms with Gasteiger partial charge in [0.25, 0.3) is 5.17 Å². The Bertz CT molecular complexity index is 650. The SMILES string of the molecule is [N-]=[N+]=Nc1ccc(COC(=S)Nc2ccc(F)cc2)o1. The van der Waals surface area contributed by atoms with E-state index < -0.39 is 0 Å². The predicted octanol–water partition coefficient (Wildman–Crippen LogP) is 4.27. The lowest BCUT2D eigenvalue weighted by Gasteiger charge is -2.08. The number of halogens is 1. The number of benzene rings is 1. The molecule has 0 atom stereocenters. The van der Waals surface area contributed by atoms with Crippen LogP contribution in [-0.2, 0) is 11.3 Å². The highest BCUT2D eigenvalue weighted by Crippen LogP contribution is 2.17. The molecule has 0 aliphatic heterocycles. The van der Waals surface area contributed by atoms with Crippen molar-refractivity contribution < 1.29 is 13.5 Å². The Hall–Kier alpha value is -2.57. The molecule has 1 aromatic carbocycles. The fraction of sp³-hybridized carbons (Fsp3) is 0.0833. The van der Waals surface area contributed by atoms with Crippen LogP contribution in [0, 0.1) is 5.82 Å². The Kier molecular flexibility index (Phi) is 4.54. The minimum absolute atomic E-state index is 0.0912. The molecule has 0 aliphatic rings. The quantitative estimate of drug-likeness (QED) is 0.394. The van der Waals surface area contributed by atoms with Gasteiger partial charge in [0.1, 0.15) is 18.2 Å². The van der Waals surface area contributed by atoms with Gasteiger partial charge in [0.2, 0.25) is 0 Å². The van der Waals surface area contributed by atoms with Crippen LogP contribution in [0.5, 0.6) is 0 Å². The molecule has 20 heavy (non-hydrogen) atoms. The van der Waals surface area contributed by atoms with Crippen molar-refractivity contribution in [1.29, 1.82) is 0 Å². The molecule has 0 spiro atoms. The lowest BCUT2D eigenvalue weighted by molar-refractivity contribution is 0.265. The lowest BCUT2D eigenvalue weighted by atomic mass is 10.3. The van der Waals surface area contributed by atoms with E-state index in [9.17, 15) is 4.39 Å². The van der Waals surface area contributed by atoms with Crippen molar-refractivity contribution in [2.75, 3.05) is 5.32 Å². The van der Waals surface area contributed by atoms with E-state index in [4.69, 9.17) is 26.9 Å². The van der Waals surface area contributed by atoms with Crippen LogP contribution in [0.2, 0.25) is 0 Å². The molecule has 1 aromatic heterocycles. The van der Waals surface area contributed by atoms with E-state index >= 15 is 0 Å². The zero-order valence-corrected chi connectivity index (χ0v) is 10.9. The average molecular weight is 292 g/mol. The maximum atomic E-state index is 12.7. The molecule has 1 N–H and O–H groups in total. The Labute approximate surface area is 118 Å². The molecule has 0 amide bonds. The van der Waals surface area contributed by atoms with E-state index in [0.29, 0.717) is 11.4 Å². The standard InChI is InChI=1S/C12H9FN4O2S/c13-8-1-3-9(4-2-8)15-12(20)18-7-10-5-6-11(19-10)16-17-14/h1-6H,7H2,(H,15,20). The summed E-state index contributed by atoms with van der Waals surface area (Å²) in [5, 5.41) is 6.22. The molecule has 8 heteroatoms. The third kappa shape index (κ3) is 3.98. The summed E-state index contributed by atoms with van der Waals surface area (Å²) < 4.78 is 23.1. The van der Waals surface area contributed by atoms with Gasteiger partial charge in [0, 0.05) is 10.6 Å². The second-order valence-corrected chi connectivity index (χ2v) is 4.01. The van der Waals surface area contributed by atoms with E-state index in [2.05, 4.69) is 15.3 Å². The summed E-state index contributed by atoms with van der Waals surface area (Å²) >= 11 is 4.98. The number of thiocarbonyl (C=S) groups is 1. The summed E-state index contributed by atoms with van der Waals surface area (Å²) in [6.45, 7) is 0.0912. The highest BCUT2D eigenvalue weighted by atomic mass is 32.1. The summed E-state index contributed by atoms with van der Waals surface area (Å²) in [5.41, 5.74) is 8.86. The van der Waals surface area contributed by atoms with Gasteiger partial charge in [0.15, 0.2) is 5.88 Å². The molecule has 0 aliphatic carbocycles. The minimum atomic E-state index is -0.330. The molecule has 102 valence electrons. The van der Waals surface area contributed by atoms with E-state index in [1.807, 2.05) is 0 Å². The van der Waals surface area contributed by atoms with Gasteiger partial charge < -0.3 is 14.5 Å². The van der Waals surface area contributed by atoms with Gasteiger partial charge in [-0.25, -0.2) is 4.39 Å². The largest absolute Gasteiger partial charge is 0.463 e. The number of ether oxygens (including phenoxy) is 1. The van der Waals surface area contributed by atoms with Crippen LogP contribution in [0.1, 0.15) is 5.76 Å². The fourth-order valence-electron chi connectivity index (χ4n) is 1.37. The number of furan rings is 1. The van der Waals surface area contributed by atoms with Gasteiger partial charge in [-0.1, -0.05) is 0 Å². The number of azide groups is 1. The second kappa shape index (κ2) is 6.55. The van der Waals surface area contributed by atoms with Crippen LogP contribution in [0.15, 0.2) is 45.9 Å². The van der Waals surface area contributed by atoms with E-state index in [1.165, 1.54) is 30.3 Å². The highest BCUT2D eigenvalue weighted by Gasteiger charge is 2.04. The third-order valence-electron chi connectivity index (χ3n) is 2.23. The van der Waals surface area contributed by atoms with Crippen LogP contribution >= 0.6 is 12.2 Å². The maximum absolute atomic E-state index is 12.7. The summed E-state index contributed by atoms with van der Waals surface area (Å²) in [7, 11) is 0. The molecule has 0 bridgehead atoms. The second-order valence-electron chi connectivity index (χ2n) is 3.64. The summed E-state index contributed by atoms with van der Waals surface area (Å²) in [6.07, 6.45) is 0. The Balaban J connectivity index is 1.85. The number of hydrogen-bond donors (Lipinski definition) is 1. The zero-order valence-electron chi connectivity index (χ0n) is 10.1. The first kappa shape index (κ1) is 13.9. The normalized spacial score (nSPS) is 9.65. The first-order valence-corrected chi connectivity index (χ1v) is 5.91. The highest BCUT2D eigenvalue weighted by molar-refractivity contribution is 7.80. The number of hydrogen-bond acceptors (Lipinski definition) is 4. The molecule has 0 saturated carbocycles. The van der Waals surface area contributed by atoms with Crippen LogP contribution in [0.4, 0.5) is 16.0 Å². The third-order valence-corrected chi connectivity index (χ3v) is 2.45. The van der Waals surface area contributed by atoms with Gasteiger partial charge in [0.05, 0.1) is 0 Å². The van der Waals surface area contributed by atoms with Crippen molar-refractivity contribution >= 4 is 29.0 Å². The summed E-state index contributed by atoms with van der Waals surface area (Å²) in [6, 6.07) is 8.84. The first-order chi connectivity index (χ1) is 9.67. The van der Waals surface area contributed by atoms with Crippen molar-refractivity contribution in [1.82, 2.24) is 0 Å². The van der Waals surface area contributed by atoms with Crippen LogP contribution in [0.25, 0.3) is 10.4 Å². The zero-order chi connectivity index (χ0) is 14.4. The van der Waals surface area contributed by atoms with Crippen molar-refractivity contribution in [2.24, 2.45) is 5.11 Å². The molecular formula is C12H9FN4O2S. The van der Waals surface area contributed by atoms with Gasteiger partial charge >= 0.3 is 0 Å². The number of nitrogens with one attached hydrogen (secondary N) is 1. The molecule has 2 rings (SSSR count). The predicted molar refractivity (Wildman–Crippen MR) is 74.9 cm³/mol. The molecule has 0 saturated heterocycles. The van der Waals surface area contributed by atoms with Crippen LogP contribution in [-0.4, -0.2) is 5.17 Å². The lowest BCUT2D eigenvalue weighted by Crippen LogP contribution is -2.12. The summed E-state index contributed by atoms with van der Waals surface area (Å²) in [5.74, 6) is 0.294. The van der Waals surface area contributed by atoms with Gasteiger partial charge in [-0.3, -0.25) is 0 Å². The number of anilines is 1. The van der Waals surface area contributed by atoms with E-state index in [-0.39, 0.29) is 23.5 Å². The monoisotopic (exact) mass is 292 g/mol. The summed E-state index contributed by atoms with van der Waals surface area (Å²) in [4.78, 5) is 2.60. The molecule has 2 aromatic rings. The molecule has 6 nitrogen and oxygen atoms in total. The van der Waals surface area contributed by atoms with Crippen molar-refractivity contribution in [3.05, 3.63) is 58.4 Å². The van der Waals surface area contributed by atoms with Crippen LogP contribution in [0.3, 0.4) is 0 Å². The number of rotatable bonds is 4. The van der Waals surface area contributed by atoms with Crippen molar-refractivity contribution in [2.45, 2.75) is 6.61 Å². The fourth-order valence-corrected chi connectivity index (χ4v) is 1.54. The van der Waals surface area contributed by atoms with Gasteiger partial charge in [-0.15, -0.1) is 0 Å². The molecule has 0 radical (unpaired) electrons. The van der Waals surface area contributed by atoms with E-state index in [1.54, 1.807) is 6.07 Å². The maximum Gasteiger partial charge on any atom is 0.261 e. The molecule has 1 heterocycles. The van der Waals surface area contributed by atoms with E-state index in [0.717, 1.165) is 0 Å². The van der Waals surface area contributed by atoms with Gasteiger partial charge in [-0.2, -0.15) is 0 Å². The molecule has 0 unspecified atom stereocenters. The Morgan fingerprint density at radius 1 is 1.35 bits per heavy atom.